The molecule has 1 aromatic carbocycles. The van der Waals surface area contributed by atoms with E-state index in [1.165, 1.54) is 12.1 Å². The summed E-state index contributed by atoms with van der Waals surface area (Å²) in [4.78, 5) is 25.3. The number of hydrogen-bond acceptors (Lipinski definition) is 6. The first-order valence-corrected chi connectivity index (χ1v) is 7.18. The Labute approximate surface area is 133 Å². The molecule has 0 fully saturated rings. The van der Waals surface area contributed by atoms with E-state index in [0.717, 1.165) is 13.1 Å². The maximum Gasteiger partial charge on any atom is 0.335 e. The summed E-state index contributed by atoms with van der Waals surface area (Å²) >= 11 is 5.93. The van der Waals surface area contributed by atoms with Gasteiger partial charge in [0.2, 0.25) is 17.2 Å². The van der Waals surface area contributed by atoms with Crippen LogP contribution in [0.3, 0.4) is 0 Å². The summed E-state index contributed by atoms with van der Waals surface area (Å²) in [6.45, 7) is 5.46. The van der Waals surface area contributed by atoms with Crippen molar-refractivity contribution in [3.8, 4) is 0 Å². The van der Waals surface area contributed by atoms with Crippen molar-refractivity contribution in [1.29, 1.82) is 0 Å². The molecular formula is C14H16ClN5O2. The van der Waals surface area contributed by atoms with Crippen LogP contribution in [0, 0.1) is 0 Å². The smallest absolute Gasteiger partial charge is 0.335 e. The largest absolute Gasteiger partial charge is 0.478 e. The normalized spacial score (nSPS) is 10.3. The molecule has 1 aromatic heterocycles. The summed E-state index contributed by atoms with van der Waals surface area (Å²) in [5.74, 6) is -0.257. The van der Waals surface area contributed by atoms with Gasteiger partial charge in [-0.3, -0.25) is 0 Å². The monoisotopic (exact) mass is 321 g/mol. The van der Waals surface area contributed by atoms with Crippen LogP contribution in [0.5, 0.6) is 0 Å². The van der Waals surface area contributed by atoms with E-state index in [1.807, 2.05) is 18.7 Å². The average Bonchev–Trinajstić information content (AvgIpc) is 2.48. The van der Waals surface area contributed by atoms with Crippen LogP contribution in [0.25, 0.3) is 0 Å². The zero-order valence-electron chi connectivity index (χ0n) is 12.2. The Morgan fingerprint density at radius 1 is 1.27 bits per heavy atom. The lowest BCUT2D eigenvalue weighted by molar-refractivity contribution is 0.0697. The molecule has 2 N–H and O–H groups in total. The standard InChI is InChI=1S/C14H16ClN5O2/c1-3-20(4-2)14-18-12(15)17-13(19-14)16-10-7-5-6-9(8-10)11(21)22/h5-8H,3-4H2,1-2H3,(H,21,22)(H,16,17,18,19). The van der Waals surface area contributed by atoms with Gasteiger partial charge in [-0.15, -0.1) is 0 Å². The van der Waals surface area contributed by atoms with Gasteiger partial charge in [-0.1, -0.05) is 6.07 Å². The highest BCUT2D eigenvalue weighted by molar-refractivity contribution is 6.28. The summed E-state index contributed by atoms with van der Waals surface area (Å²) < 4.78 is 0. The van der Waals surface area contributed by atoms with Gasteiger partial charge in [-0.2, -0.15) is 15.0 Å². The second-order valence-corrected chi connectivity index (χ2v) is 4.75. The lowest BCUT2D eigenvalue weighted by atomic mass is 10.2. The van der Waals surface area contributed by atoms with Crippen molar-refractivity contribution in [2.45, 2.75) is 13.8 Å². The molecule has 0 amide bonds. The zero-order valence-corrected chi connectivity index (χ0v) is 13.0. The topological polar surface area (TPSA) is 91.2 Å². The number of hydrogen-bond donors (Lipinski definition) is 2. The maximum absolute atomic E-state index is 11.0. The van der Waals surface area contributed by atoms with Crippen LogP contribution in [0.2, 0.25) is 5.28 Å². The van der Waals surface area contributed by atoms with Gasteiger partial charge in [0.05, 0.1) is 5.56 Å². The number of carboxylic acids is 1. The van der Waals surface area contributed by atoms with Crippen LogP contribution in [0.15, 0.2) is 24.3 Å². The Balaban J connectivity index is 2.29. The van der Waals surface area contributed by atoms with E-state index in [9.17, 15) is 4.79 Å². The SMILES string of the molecule is CCN(CC)c1nc(Cl)nc(Nc2cccc(C(=O)O)c2)n1. The van der Waals surface area contributed by atoms with E-state index in [1.54, 1.807) is 12.1 Å². The van der Waals surface area contributed by atoms with Crippen LogP contribution in [0.1, 0.15) is 24.2 Å². The quantitative estimate of drug-likeness (QED) is 0.845. The number of anilines is 3. The second-order valence-electron chi connectivity index (χ2n) is 4.41. The fourth-order valence-electron chi connectivity index (χ4n) is 1.90. The third-order valence-corrected chi connectivity index (χ3v) is 3.18. The molecular weight excluding hydrogens is 306 g/mol. The number of nitrogens with one attached hydrogen (secondary N) is 1. The first-order chi connectivity index (χ1) is 10.5. The molecule has 2 aromatic rings. The van der Waals surface area contributed by atoms with Crippen molar-refractivity contribution < 1.29 is 9.90 Å². The number of aromatic carboxylic acids is 1. The Hall–Kier alpha value is -2.41. The summed E-state index contributed by atoms with van der Waals surface area (Å²) in [7, 11) is 0. The molecule has 0 aliphatic heterocycles. The molecule has 22 heavy (non-hydrogen) atoms. The molecule has 0 aliphatic rings. The Bertz CT molecular complexity index is 676. The summed E-state index contributed by atoms with van der Waals surface area (Å²) in [5, 5.41) is 12.0. The van der Waals surface area contributed by atoms with Gasteiger partial charge in [0.25, 0.3) is 0 Å². The number of nitrogens with zero attached hydrogens (tertiary/aromatic N) is 4. The Morgan fingerprint density at radius 3 is 2.64 bits per heavy atom. The minimum absolute atomic E-state index is 0.0776. The van der Waals surface area contributed by atoms with Crippen LogP contribution in [-0.2, 0) is 0 Å². The number of carboxylic acid groups (broad SMARTS) is 1. The maximum atomic E-state index is 11.0. The lowest BCUT2D eigenvalue weighted by Crippen LogP contribution is -2.24. The molecule has 0 aliphatic carbocycles. The van der Waals surface area contributed by atoms with E-state index in [0.29, 0.717) is 11.6 Å². The third-order valence-electron chi connectivity index (χ3n) is 3.01. The van der Waals surface area contributed by atoms with E-state index in [4.69, 9.17) is 16.7 Å². The molecule has 116 valence electrons. The molecule has 0 spiro atoms. The number of aromatic nitrogens is 3. The molecule has 7 nitrogen and oxygen atoms in total. The highest BCUT2D eigenvalue weighted by Gasteiger charge is 2.11. The first kappa shape index (κ1) is 16.0. The predicted octanol–water partition coefficient (Wildman–Crippen LogP) is 2.81. The molecule has 2 rings (SSSR count). The van der Waals surface area contributed by atoms with E-state index < -0.39 is 5.97 Å². The Kier molecular flexibility index (Phi) is 5.11. The second kappa shape index (κ2) is 7.04. The minimum Gasteiger partial charge on any atom is -0.478 e. The fraction of sp³-hybridized carbons (Fsp3) is 0.286. The molecule has 0 atom stereocenters. The number of carbonyl (C=O) groups is 1. The van der Waals surface area contributed by atoms with E-state index >= 15 is 0 Å². The number of benzene rings is 1. The molecule has 0 saturated carbocycles. The average molecular weight is 322 g/mol. The van der Waals surface area contributed by atoms with Gasteiger partial charge in [0.1, 0.15) is 0 Å². The summed E-state index contributed by atoms with van der Waals surface area (Å²) in [6, 6.07) is 6.37. The summed E-state index contributed by atoms with van der Waals surface area (Å²) in [5.41, 5.74) is 0.738. The van der Waals surface area contributed by atoms with Crippen LogP contribution < -0.4 is 10.2 Å². The van der Waals surface area contributed by atoms with Crippen molar-refractivity contribution in [2.75, 3.05) is 23.3 Å². The van der Waals surface area contributed by atoms with Gasteiger partial charge >= 0.3 is 5.97 Å². The summed E-state index contributed by atoms with van der Waals surface area (Å²) in [6.07, 6.45) is 0. The van der Waals surface area contributed by atoms with Crippen LogP contribution in [-0.4, -0.2) is 39.1 Å². The number of halogens is 1. The highest BCUT2D eigenvalue weighted by Crippen LogP contribution is 2.18. The van der Waals surface area contributed by atoms with Gasteiger partial charge in [-0.05, 0) is 43.6 Å². The van der Waals surface area contributed by atoms with Crippen molar-refractivity contribution in [2.24, 2.45) is 0 Å². The molecule has 1 heterocycles. The highest BCUT2D eigenvalue weighted by atomic mass is 35.5. The molecule has 0 bridgehead atoms. The van der Waals surface area contributed by atoms with Gasteiger partial charge in [-0.25, -0.2) is 4.79 Å². The van der Waals surface area contributed by atoms with E-state index in [-0.39, 0.29) is 16.8 Å². The molecule has 8 heteroatoms. The van der Waals surface area contributed by atoms with Gasteiger partial charge in [0, 0.05) is 18.8 Å². The molecule has 0 radical (unpaired) electrons. The fourth-order valence-corrected chi connectivity index (χ4v) is 2.06. The lowest BCUT2D eigenvalue weighted by Gasteiger charge is -2.18. The molecule has 0 saturated heterocycles. The van der Waals surface area contributed by atoms with Gasteiger partial charge in [0.15, 0.2) is 0 Å². The van der Waals surface area contributed by atoms with Crippen LogP contribution >= 0.6 is 11.6 Å². The predicted molar refractivity (Wildman–Crippen MR) is 85.1 cm³/mol. The van der Waals surface area contributed by atoms with Crippen molar-refractivity contribution >= 4 is 35.2 Å². The van der Waals surface area contributed by atoms with Crippen molar-refractivity contribution in [3.63, 3.8) is 0 Å². The Morgan fingerprint density at radius 2 is 2.00 bits per heavy atom. The zero-order chi connectivity index (χ0) is 16.1. The minimum atomic E-state index is -0.999. The molecule has 0 unspecified atom stereocenters. The van der Waals surface area contributed by atoms with E-state index in [2.05, 4.69) is 20.3 Å². The first-order valence-electron chi connectivity index (χ1n) is 6.80. The van der Waals surface area contributed by atoms with Crippen molar-refractivity contribution in [1.82, 2.24) is 15.0 Å². The van der Waals surface area contributed by atoms with Gasteiger partial charge < -0.3 is 15.3 Å². The number of rotatable bonds is 6. The third kappa shape index (κ3) is 3.82. The van der Waals surface area contributed by atoms with Crippen molar-refractivity contribution in [3.05, 3.63) is 35.1 Å². The van der Waals surface area contributed by atoms with Crippen LogP contribution in [0.4, 0.5) is 17.6 Å².